The second-order valence-corrected chi connectivity index (χ2v) is 2.70. The summed E-state index contributed by atoms with van der Waals surface area (Å²) in [7, 11) is 0. The summed E-state index contributed by atoms with van der Waals surface area (Å²) < 4.78 is 0. The summed E-state index contributed by atoms with van der Waals surface area (Å²) in [5, 5.41) is 0. The van der Waals surface area contributed by atoms with Crippen molar-refractivity contribution in [3.63, 3.8) is 0 Å². The standard InChI is InChI=1S/C12H13N/c1-3-7-12(13)10(2)11-8-5-4-6-9-11/h3-9H,1-2,13H2/b12-7+. The first-order valence-corrected chi connectivity index (χ1v) is 4.08. The van der Waals surface area contributed by atoms with E-state index in [0.717, 1.165) is 11.1 Å². The molecule has 0 aliphatic carbocycles. The van der Waals surface area contributed by atoms with E-state index in [2.05, 4.69) is 13.2 Å². The van der Waals surface area contributed by atoms with E-state index in [-0.39, 0.29) is 0 Å². The predicted octanol–water partition coefficient (Wildman–Crippen LogP) is 2.73. The normalized spacial score (nSPS) is 10.9. The Morgan fingerprint density at radius 1 is 1.23 bits per heavy atom. The SMILES string of the molecule is C=C/C=C(/N)C(=C)c1ccccc1. The molecule has 2 N–H and O–H groups in total. The Hall–Kier alpha value is -1.76. The van der Waals surface area contributed by atoms with Crippen LogP contribution in [0, 0.1) is 0 Å². The van der Waals surface area contributed by atoms with Crippen molar-refractivity contribution in [1.82, 2.24) is 0 Å². The molecule has 66 valence electrons. The molecule has 1 rings (SSSR count). The highest BCUT2D eigenvalue weighted by atomic mass is 14.6. The smallest absolute Gasteiger partial charge is 0.0387 e. The lowest BCUT2D eigenvalue weighted by Crippen LogP contribution is -1.98. The van der Waals surface area contributed by atoms with Gasteiger partial charge in [-0.3, -0.25) is 0 Å². The number of allylic oxidation sites excluding steroid dienone is 3. The molecule has 1 heteroatoms. The summed E-state index contributed by atoms with van der Waals surface area (Å²) in [5.74, 6) is 0. The van der Waals surface area contributed by atoms with Crippen molar-refractivity contribution < 1.29 is 0 Å². The van der Waals surface area contributed by atoms with Crippen molar-refractivity contribution in [3.8, 4) is 0 Å². The second-order valence-electron chi connectivity index (χ2n) is 2.70. The van der Waals surface area contributed by atoms with Crippen molar-refractivity contribution in [2.75, 3.05) is 0 Å². The molecule has 0 aliphatic rings. The van der Waals surface area contributed by atoms with Crippen LogP contribution in [0.3, 0.4) is 0 Å². The maximum Gasteiger partial charge on any atom is 0.0387 e. The average Bonchev–Trinajstić information content (AvgIpc) is 2.18. The molecule has 1 aromatic rings. The van der Waals surface area contributed by atoms with E-state index in [1.165, 1.54) is 0 Å². The predicted molar refractivity (Wildman–Crippen MR) is 57.9 cm³/mol. The van der Waals surface area contributed by atoms with Gasteiger partial charge in [-0.2, -0.15) is 0 Å². The number of rotatable bonds is 3. The molecule has 0 heterocycles. The fraction of sp³-hybridized carbons (Fsp3) is 0. The zero-order valence-electron chi connectivity index (χ0n) is 7.53. The third-order valence-electron chi connectivity index (χ3n) is 1.77. The van der Waals surface area contributed by atoms with Crippen LogP contribution < -0.4 is 5.73 Å². The lowest BCUT2D eigenvalue weighted by molar-refractivity contribution is 1.43. The van der Waals surface area contributed by atoms with Crippen LogP contribution in [0.25, 0.3) is 5.57 Å². The van der Waals surface area contributed by atoms with Gasteiger partial charge in [0.2, 0.25) is 0 Å². The molecule has 0 radical (unpaired) electrons. The highest BCUT2D eigenvalue weighted by Gasteiger charge is 1.98. The fourth-order valence-electron chi connectivity index (χ4n) is 1.03. The summed E-state index contributed by atoms with van der Waals surface area (Å²) in [6, 6.07) is 9.84. The quantitative estimate of drug-likeness (QED) is 0.695. The van der Waals surface area contributed by atoms with Crippen LogP contribution in [0.2, 0.25) is 0 Å². The molecular weight excluding hydrogens is 158 g/mol. The Morgan fingerprint density at radius 3 is 2.38 bits per heavy atom. The highest BCUT2D eigenvalue weighted by molar-refractivity contribution is 5.76. The lowest BCUT2D eigenvalue weighted by atomic mass is 10.1. The molecule has 1 aromatic carbocycles. The van der Waals surface area contributed by atoms with Crippen molar-refractivity contribution in [2.24, 2.45) is 5.73 Å². The van der Waals surface area contributed by atoms with Crippen LogP contribution in [0.15, 0.2) is 61.3 Å². The van der Waals surface area contributed by atoms with Crippen molar-refractivity contribution in [2.45, 2.75) is 0 Å². The van der Waals surface area contributed by atoms with Crippen LogP contribution in [0.5, 0.6) is 0 Å². The summed E-state index contributed by atoms with van der Waals surface area (Å²) in [4.78, 5) is 0. The molecule has 0 spiro atoms. The number of hydrogen-bond acceptors (Lipinski definition) is 1. The largest absolute Gasteiger partial charge is 0.398 e. The van der Waals surface area contributed by atoms with E-state index >= 15 is 0 Å². The monoisotopic (exact) mass is 171 g/mol. The first-order valence-electron chi connectivity index (χ1n) is 4.08. The Balaban J connectivity index is 2.92. The molecule has 1 nitrogen and oxygen atoms in total. The van der Waals surface area contributed by atoms with Gasteiger partial charge in [-0.1, -0.05) is 49.6 Å². The first kappa shape index (κ1) is 9.33. The molecule has 13 heavy (non-hydrogen) atoms. The Labute approximate surface area is 78.9 Å². The van der Waals surface area contributed by atoms with E-state index in [4.69, 9.17) is 5.73 Å². The van der Waals surface area contributed by atoms with Gasteiger partial charge in [0.25, 0.3) is 0 Å². The number of nitrogens with two attached hydrogens (primary N) is 1. The zero-order valence-corrected chi connectivity index (χ0v) is 7.53. The van der Waals surface area contributed by atoms with Gasteiger partial charge in [0, 0.05) is 5.70 Å². The van der Waals surface area contributed by atoms with Gasteiger partial charge in [0.05, 0.1) is 0 Å². The van der Waals surface area contributed by atoms with E-state index in [0.29, 0.717) is 5.70 Å². The highest BCUT2D eigenvalue weighted by Crippen LogP contribution is 2.16. The topological polar surface area (TPSA) is 26.0 Å². The van der Waals surface area contributed by atoms with E-state index in [1.54, 1.807) is 12.2 Å². The second kappa shape index (κ2) is 4.31. The average molecular weight is 171 g/mol. The van der Waals surface area contributed by atoms with Crippen LogP contribution in [-0.4, -0.2) is 0 Å². The summed E-state index contributed by atoms with van der Waals surface area (Å²) in [6.45, 7) is 7.48. The molecule has 0 bridgehead atoms. The molecule has 0 aromatic heterocycles. The molecule has 0 amide bonds. The van der Waals surface area contributed by atoms with E-state index in [1.807, 2.05) is 30.3 Å². The maximum absolute atomic E-state index is 5.75. The molecule has 0 aliphatic heterocycles. The van der Waals surface area contributed by atoms with Crippen molar-refractivity contribution >= 4 is 5.57 Å². The maximum atomic E-state index is 5.75. The summed E-state index contributed by atoms with van der Waals surface area (Å²) in [5.41, 5.74) is 8.28. The van der Waals surface area contributed by atoms with Gasteiger partial charge in [0.1, 0.15) is 0 Å². The summed E-state index contributed by atoms with van der Waals surface area (Å²) in [6.07, 6.45) is 3.40. The van der Waals surface area contributed by atoms with Gasteiger partial charge in [-0.25, -0.2) is 0 Å². The zero-order chi connectivity index (χ0) is 9.68. The van der Waals surface area contributed by atoms with E-state index < -0.39 is 0 Å². The molecule has 0 atom stereocenters. The number of hydrogen-bond donors (Lipinski definition) is 1. The Morgan fingerprint density at radius 2 is 1.85 bits per heavy atom. The third-order valence-corrected chi connectivity index (χ3v) is 1.77. The van der Waals surface area contributed by atoms with Crippen LogP contribution in [0.4, 0.5) is 0 Å². The molecule has 0 saturated carbocycles. The molecular formula is C12H13N. The minimum atomic E-state index is 0.654. The third kappa shape index (κ3) is 2.34. The van der Waals surface area contributed by atoms with Crippen LogP contribution in [0.1, 0.15) is 5.56 Å². The lowest BCUT2D eigenvalue weighted by Gasteiger charge is -2.04. The van der Waals surface area contributed by atoms with Crippen LogP contribution in [-0.2, 0) is 0 Å². The van der Waals surface area contributed by atoms with Gasteiger partial charge < -0.3 is 5.73 Å². The minimum Gasteiger partial charge on any atom is -0.398 e. The van der Waals surface area contributed by atoms with Gasteiger partial charge in [-0.05, 0) is 17.2 Å². The van der Waals surface area contributed by atoms with E-state index in [9.17, 15) is 0 Å². The van der Waals surface area contributed by atoms with Gasteiger partial charge >= 0.3 is 0 Å². The van der Waals surface area contributed by atoms with Gasteiger partial charge in [-0.15, -0.1) is 0 Å². The molecule has 0 unspecified atom stereocenters. The Bertz CT molecular complexity index is 333. The van der Waals surface area contributed by atoms with Gasteiger partial charge in [0.15, 0.2) is 0 Å². The Kier molecular flexibility index (Phi) is 3.09. The van der Waals surface area contributed by atoms with Crippen LogP contribution >= 0.6 is 0 Å². The molecule has 0 fully saturated rings. The van der Waals surface area contributed by atoms with Crippen molar-refractivity contribution in [1.29, 1.82) is 0 Å². The van der Waals surface area contributed by atoms with Crippen molar-refractivity contribution in [3.05, 3.63) is 66.9 Å². The number of benzene rings is 1. The fourth-order valence-corrected chi connectivity index (χ4v) is 1.03. The first-order chi connectivity index (χ1) is 6.25. The molecule has 0 saturated heterocycles. The summed E-state index contributed by atoms with van der Waals surface area (Å²) >= 11 is 0. The minimum absolute atomic E-state index is 0.654.